The molecule has 22 heavy (non-hydrogen) atoms. The maximum Gasteiger partial charge on any atom is 0.410 e. The molecule has 2 saturated heterocycles. The number of amides is 2. The van der Waals surface area contributed by atoms with E-state index in [1.54, 1.807) is 17.0 Å². The highest BCUT2D eigenvalue weighted by atomic mass is 79.9. The second-order valence-electron chi connectivity index (χ2n) is 5.69. The van der Waals surface area contributed by atoms with Gasteiger partial charge < -0.3 is 19.0 Å². The standard InChI is InChI=1S/C15H19BrN2O4/c1-2-11-9-18(15(20)21-11)10-5-7-17(8-6-10)14(19)12-3-4-13(16)22-12/h3-4,10-11H,2,5-9H2,1H3. The molecule has 1 aromatic heterocycles. The van der Waals surface area contributed by atoms with E-state index in [1.165, 1.54) is 0 Å². The average Bonchev–Trinajstić information content (AvgIpc) is 3.12. The van der Waals surface area contributed by atoms with E-state index in [0.717, 1.165) is 19.3 Å². The number of furan rings is 1. The fourth-order valence-electron chi connectivity index (χ4n) is 3.02. The fourth-order valence-corrected chi connectivity index (χ4v) is 3.32. The van der Waals surface area contributed by atoms with Crippen LogP contribution in [0.3, 0.4) is 0 Å². The van der Waals surface area contributed by atoms with Gasteiger partial charge in [-0.05, 0) is 47.3 Å². The quantitative estimate of drug-likeness (QED) is 0.820. The third kappa shape index (κ3) is 2.99. The van der Waals surface area contributed by atoms with E-state index in [2.05, 4.69) is 15.9 Å². The molecular weight excluding hydrogens is 352 g/mol. The zero-order valence-electron chi connectivity index (χ0n) is 12.5. The second-order valence-corrected chi connectivity index (χ2v) is 6.48. The highest BCUT2D eigenvalue weighted by molar-refractivity contribution is 9.10. The lowest BCUT2D eigenvalue weighted by molar-refractivity contribution is 0.0626. The summed E-state index contributed by atoms with van der Waals surface area (Å²) in [6.07, 6.45) is 2.19. The largest absolute Gasteiger partial charge is 0.444 e. The molecule has 7 heteroatoms. The smallest absolute Gasteiger partial charge is 0.410 e. The summed E-state index contributed by atoms with van der Waals surface area (Å²) in [5.41, 5.74) is 0. The first kappa shape index (κ1) is 15.4. The van der Waals surface area contributed by atoms with E-state index in [-0.39, 0.29) is 24.1 Å². The molecule has 1 aromatic rings. The van der Waals surface area contributed by atoms with Crippen LogP contribution in [0.15, 0.2) is 21.2 Å². The Labute approximate surface area is 137 Å². The number of rotatable bonds is 3. The second kappa shape index (κ2) is 6.32. The number of cyclic esters (lactones) is 1. The predicted octanol–water partition coefficient (Wildman–Crippen LogP) is 2.88. The molecule has 0 bridgehead atoms. The number of nitrogens with zero attached hydrogens (tertiary/aromatic N) is 2. The molecule has 0 radical (unpaired) electrons. The minimum absolute atomic E-state index is 0.00707. The number of carbonyl (C=O) groups excluding carboxylic acids is 2. The van der Waals surface area contributed by atoms with Crippen molar-refractivity contribution in [3.63, 3.8) is 0 Å². The first-order chi connectivity index (χ1) is 10.6. The van der Waals surface area contributed by atoms with Crippen LogP contribution in [0, 0.1) is 0 Å². The molecule has 1 atom stereocenters. The number of carbonyl (C=O) groups is 2. The lowest BCUT2D eigenvalue weighted by Gasteiger charge is -2.35. The summed E-state index contributed by atoms with van der Waals surface area (Å²) in [5, 5.41) is 0. The molecule has 2 fully saturated rings. The summed E-state index contributed by atoms with van der Waals surface area (Å²) in [6.45, 7) is 3.94. The van der Waals surface area contributed by atoms with Crippen LogP contribution < -0.4 is 0 Å². The minimum Gasteiger partial charge on any atom is -0.444 e. The van der Waals surface area contributed by atoms with Crippen LogP contribution in [-0.4, -0.2) is 53.6 Å². The van der Waals surface area contributed by atoms with Gasteiger partial charge in [-0.25, -0.2) is 4.79 Å². The first-order valence-electron chi connectivity index (χ1n) is 7.60. The van der Waals surface area contributed by atoms with Crippen molar-refractivity contribution in [1.29, 1.82) is 0 Å². The van der Waals surface area contributed by atoms with E-state index in [1.807, 2.05) is 11.8 Å². The van der Waals surface area contributed by atoms with Gasteiger partial charge in [0.25, 0.3) is 5.91 Å². The molecule has 2 amide bonds. The van der Waals surface area contributed by atoms with E-state index >= 15 is 0 Å². The maximum atomic E-state index is 12.3. The molecule has 2 aliphatic heterocycles. The van der Waals surface area contributed by atoms with Crippen molar-refractivity contribution in [1.82, 2.24) is 9.80 Å². The van der Waals surface area contributed by atoms with Crippen molar-refractivity contribution in [2.75, 3.05) is 19.6 Å². The van der Waals surface area contributed by atoms with Crippen molar-refractivity contribution < 1.29 is 18.7 Å². The van der Waals surface area contributed by atoms with E-state index in [0.29, 0.717) is 30.1 Å². The van der Waals surface area contributed by atoms with Crippen molar-refractivity contribution in [3.05, 3.63) is 22.6 Å². The summed E-state index contributed by atoms with van der Waals surface area (Å²) in [5.74, 6) is 0.247. The summed E-state index contributed by atoms with van der Waals surface area (Å²) >= 11 is 3.20. The van der Waals surface area contributed by atoms with E-state index in [4.69, 9.17) is 9.15 Å². The van der Waals surface area contributed by atoms with Crippen LogP contribution in [0.1, 0.15) is 36.7 Å². The van der Waals surface area contributed by atoms with E-state index < -0.39 is 0 Å². The molecule has 0 saturated carbocycles. The van der Waals surface area contributed by atoms with Gasteiger partial charge in [0.2, 0.25) is 0 Å². The molecule has 0 aromatic carbocycles. The predicted molar refractivity (Wildman–Crippen MR) is 82.6 cm³/mol. The van der Waals surface area contributed by atoms with Gasteiger partial charge in [-0.2, -0.15) is 0 Å². The van der Waals surface area contributed by atoms with Crippen molar-refractivity contribution >= 4 is 27.9 Å². The average molecular weight is 371 g/mol. The molecule has 0 aliphatic carbocycles. The Morgan fingerprint density at radius 3 is 2.64 bits per heavy atom. The van der Waals surface area contributed by atoms with Gasteiger partial charge in [-0.3, -0.25) is 4.79 Å². The molecular formula is C15H19BrN2O4. The molecule has 0 N–H and O–H groups in total. The molecule has 0 spiro atoms. The van der Waals surface area contributed by atoms with Crippen LogP contribution >= 0.6 is 15.9 Å². The van der Waals surface area contributed by atoms with Crippen molar-refractivity contribution in [2.45, 2.75) is 38.3 Å². The summed E-state index contributed by atoms with van der Waals surface area (Å²) in [7, 11) is 0. The number of likely N-dealkylation sites (tertiary alicyclic amines) is 1. The van der Waals surface area contributed by atoms with Crippen molar-refractivity contribution in [3.8, 4) is 0 Å². The third-order valence-corrected chi connectivity index (χ3v) is 4.76. The Morgan fingerprint density at radius 2 is 2.09 bits per heavy atom. The van der Waals surface area contributed by atoms with Crippen LogP contribution in [0.25, 0.3) is 0 Å². The van der Waals surface area contributed by atoms with Gasteiger partial charge in [0.1, 0.15) is 6.10 Å². The summed E-state index contributed by atoms with van der Waals surface area (Å²) < 4.78 is 11.2. The molecule has 1 unspecified atom stereocenters. The number of hydrogen-bond acceptors (Lipinski definition) is 4. The molecule has 3 rings (SSSR count). The topological polar surface area (TPSA) is 63.0 Å². The maximum absolute atomic E-state index is 12.3. The summed E-state index contributed by atoms with van der Waals surface area (Å²) in [4.78, 5) is 27.8. The molecule has 6 nitrogen and oxygen atoms in total. The number of halogens is 1. The van der Waals surface area contributed by atoms with Gasteiger partial charge in [0, 0.05) is 19.1 Å². The van der Waals surface area contributed by atoms with Crippen LogP contribution in [0.2, 0.25) is 0 Å². The Balaban J connectivity index is 1.56. The Bertz CT molecular complexity index is 566. The molecule has 3 heterocycles. The lowest BCUT2D eigenvalue weighted by atomic mass is 10.0. The molecule has 2 aliphatic rings. The van der Waals surface area contributed by atoms with E-state index in [9.17, 15) is 9.59 Å². The highest BCUT2D eigenvalue weighted by Crippen LogP contribution is 2.25. The van der Waals surface area contributed by atoms with Gasteiger partial charge in [-0.1, -0.05) is 6.92 Å². The zero-order valence-corrected chi connectivity index (χ0v) is 14.0. The number of hydrogen-bond donors (Lipinski definition) is 0. The zero-order chi connectivity index (χ0) is 15.7. The number of ether oxygens (including phenoxy) is 1. The lowest BCUT2D eigenvalue weighted by Crippen LogP contribution is -2.47. The number of piperidine rings is 1. The monoisotopic (exact) mass is 370 g/mol. The van der Waals surface area contributed by atoms with Gasteiger partial charge in [0.05, 0.1) is 6.54 Å². The van der Waals surface area contributed by atoms with Crippen LogP contribution in [0.4, 0.5) is 4.79 Å². The summed E-state index contributed by atoms with van der Waals surface area (Å²) in [6, 6.07) is 3.55. The van der Waals surface area contributed by atoms with Crippen LogP contribution in [-0.2, 0) is 4.74 Å². The first-order valence-corrected chi connectivity index (χ1v) is 8.39. The Morgan fingerprint density at radius 1 is 1.36 bits per heavy atom. The fraction of sp³-hybridized carbons (Fsp3) is 0.600. The van der Waals surface area contributed by atoms with Gasteiger partial charge in [-0.15, -0.1) is 0 Å². The van der Waals surface area contributed by atoms with Crippen molar-refractivity contribution in [2.24, 2.45) is 0 Å². The molecule has 120 valence electrons. The normalized spacial score (nSPS) is 23.0. The van der Waals surface area contributed by atoms with Crippen LogP contribution in [0.5, 0.6) is 0 Å². The highest BCUT2D eigenvalue weighted by Gasteiger charge is 2.37. The third-order valence-electron chi connectivity index (χ3n) is 4.33. The Hall–Kier alpha value is -1.50. The Kier molecular flexibility index (Phi) is 4.42. The SMILES string of the molecule is CCC1CN(C2CCN(C(=O)c3ccc(Br)o3)CC2)C(=O)O1. The van der Waals surface area contributed by atoms with Gasteiger partial charge >= 0.3 is 6.09 Å². The minimum atomic E-state index is -0.216. The van der Waals surface area contributed by atoms with Gasteiger partial charge in [0.15, 0.2) is 10.4 Å².